The normalized spacial score (nSPS) is 25.0. The van der Waals surface area contributed by atoms with Gasteiger partial charge in [0.05, 0.1) is 6.26 Å². The molecule has 0 aromatic carbocycles. The Balaban J connectivity index is 1.94. The minimum Gasteiger partial charge on any atom is -0.213 e. The average Bonchev–Trinajstić information content (AvgIpc) is 3.00. The van der Waals surface area contributed by atoms with Gasteiger partial charge in [-0.15, -0.1) is 0 Å². The van der Waals surface area contributed by atoms with Crippen LogP contribution in [0.15, 0.2) is 0 Å². The van der Waals surface area contributed by atoms with E-state index in [9.17, 15) is 16.8 Å². The van der Waals surface area contributed by atoms with Crippen LogP contribution in [0.3, 0.4) is 0 Å². The third-order valence-corrected chi connectivity index (χ3v) is 5.88. The molecule has 0 bridgehead atoms. The number of piperazine rings is 1. The van der Waals surface area contributed by atoms with Gasteiger partial charge in [0.25, 0.3) is 10.2 Å². The molecule has 0 amide bonds. The maximum atomic E-state index is 11.8. The van der Waals surface area contributed by atoms with Crippen molar-refractivity contribution in [1.82, 2.24) is 13.3 Å². The molecular weight excluding hydrogens is 266 g/mol. The van der Waals surface area contributed by atoms with E-state index in [1.54, 1.807) is 0 Å². The lowest BCUT2D eigenvalue weighted by Gasteiger charge is -2.32. The van der Waals surface area contributed by atoms with Gasteiger partial charge in [0.2, 0.25) is 10.0 Å². The first-order valence-corrected chi connectivity index (χ1v) is 8.80. The van der Waals surface area contributed by atoms with E-state index in [0.717, 1.165) is 19.1 Å². The Labute approximate surface area is 102 Å². The molecule has 1 aliphatic heterocycles. The highest BCUT2D eigenvalue weighted by molar-refractivity contribution is 7.88. The third-order valence-electron chi connectivity index (χ3n) is 2.90. The van der Waals surface area contributed by atoms with E-state index >= 15 is 0 Å². The molecule has 0 aromatic rings. The first kappa shape index (κ1) is 13.2. The van der Waals surface area contributed by atoms with Gasteiger partial charge in [-0.1, -0.05) is 0 Å². The van der Waals surface area contributed by atoms with E-state index in [1.807, 2.05) is 0 Å². The van der Waals surface area contributed by atoms with Gasteiger partial charge in [-0.2, -0.15) is 21.8 Å². The number of hydrogen-bond acceptors (Lipinski definition) is 4. The maximum absolute atomic E-state index is 11.8. The van der Waals surface area contributed by atoms with E-state index in [2.05, 4.69) is 4.72 Å². The molecule has 1 saturated carbocycles. The average molecular weight is 283 g/mol. The number of nitrogens with zero attached hydrogens (tertiary/aromatic N) is 2. The van der Waals surface area contributed by atoms with Crippen LogP contribution >= 0.6 is 0 Å². The summed E-state index contributed by atoms with van der Waals surface area (Å²) in [5.41, 5.74) is 0. The highest BCUT2D eigenvalue weighted by atomic mass is 32.2. The highest BCUT2D eigenvalue weighted by Crippen LogP contribution is 2.21. The second-order valence-electron chi connectivity index (χ2n) is 4.46. The minimum absolute atomic E-state index is 0.0768. The summed E-state index contributed by atoms with van der Waals surface area (Å²) in [6.45, 7) is 0.888. The Bertz CT molecular complexity index is 475. The van der Waals surface area contributed by atoms with Gasteiger partial charge >= 0.3 is 0 Å². The summed E-state index contributed by atoms with van der Waals surface area (Å²) >= 11 is 0. The molecule has 0 unspecified atom stereocenters. The molecule has 2 fully saturated rings. The summed E-state index contributed by atoms with van der Waals surface area (Å²) in [5.74, 6) is 0. The van der Waals surface area contributed by atoms with E-state index in [1.165, 1.54) is 8.61 Å². The summed E-state index contributed by atoms with van der Waals surface area (Å²) in [7, 11) is -6.64. The molecule has 0 aromatic heterocycles. The Hall–Kier alpha value is -0.220. The van der Waals surface area contributed by atoms with Crippen LogP contribution in [0.1, 0.15) is 12.8 Å². The Morgan fingerprint density at radius 2 is 1.41 bits per heavy atom. The van der Waals surface area contributed by atoms with Crippen molar-refractivity contribution in [3.8, 4) is 0 Å². The number of sulfonamides is 1. The van der Waals surface area contributed by atoms with Crippen LogP contribution in [0.2, 0.25) is 0 Å². The van der Waals surface area contributed by atoms with Crippen LogP contribution in [-0.4, -0.2) is 63.9 Å². The summed E-state index contributed by atoms with van der Waals surface area (Å²) in [6.07, 6.45) is 2.92. The highest BCUT2D eigenvalue weighted by Gasteiger charge is 2.34. The van der Waals surface area contributed by atoms with Gasteiger partial charge < -0.3 is 0 Å². The Kier molecular flexibility index (Phi) is 3.47. The van der Waals surface area contributed by atoms with E-state index < -0.39 is 20.2 Å². The molecule has 0 atom stereocenters. The molecule has 100 valence electrons. The standard InChI is InChI=1S/C8H17N3O4S2/c1-16(12,13)10-4-6-11(7-5-10)17(14,15)9-8-2-3-8/h8-9H,2-7H2,1H3. The van der Waals surface area contributed by atoms with Crippen molar-refractivity contribution >= 4 is 20.2 Å². The van der Waals surface area contributed by atoms with Crippen molar-refractivity contribution in [2.45, 2.75) is 18.9 Å². The van der Waals surface area contributed by atoms with Crippen molar-refractivity contribution in [2.24, 2.45) is 0 Å². The predicted octanol–water partition coefficient (Wildman–Crippen LogP) is -1.44. The van der Waals surface area contributed by atoms with Gasteiger partial charge in [0, 0.05) is 32.2 Å². The topological polar surface area (TPSA) is 86.8 Å². The molecule has 2 rings (SSSR count). The van der Waals surface area contributed by atoms with Crippen molar-refractivity contribution in [1.29, 1.82) is 0 Å². The molecule has 0 spiro atoms. The van der Waals surface area contributed by atoms with Gasteiger partial charge in [-0.05, 0) is 12.8 Å². The molecule has 1 heterocycles. The molecule has 1 saturated heterocycles. The van der Waals surface area contributed by atoms with Crippen LogP contribution in [0.5, 0.6) is 0 Å². The third kappa shape index (κ3) is 3.38. The van der Waals surface area contributed by atoms with Gasteiger partial charge in [0.15, 0.2) is 0 Å². The molecule has 2 aliphatic rings. The lowest BCUT2D eigenvalue weighted by atomic mass is 10.4. The number of rotatable bonds is 4. The van der Waals surface area contributed by atoms with Crippen molar-refractivity contribution < 1.29 is 16.8 Å². The number of nitrogens with one attached hydrogen (secondary N) is 1. The fourth-order valence-corrected chi connectivity index (χ4v) is 4.00. The van der Waals surface area contributed by atoms with E-state index in [-0.39, 0.29) is 32.2 Å². The van der Waals surface area contributed by atoms with Gasteiger partial charge in [-0.3, -0.25) is 0 Å². The largest absolute Gasteiger partial charge is 0.279 e. The van der Waals surface area contributed by atoms with Crippen molar-refractivity contribution in [3.63, 3.8) is 0 Å². The monoisotopic (exact) mass is 283 g/mol. The zero-order chi connectivity index (χ0) is 12.7. The summed E-state index contributed by atoms with van der Waals surface area (Å²) in [5, 5.41) is 0. The molecule has 9 heteroatoms. The van der Waals surface area contributed by atoms with Crippen LogP contribution < -0.4 is 4.72 Å². The first-order valence-electron chi connectivity index (χ1n) is 5.51. The Morgan fingerprint density at radius 3 is 1.82 bits per heavy atom. The van der Waals surface area contributed by atoms with Gasteiger partial charge in [0.1, 0.15) is 0 Å². The molecule has 0 radical (unpaired) electrons. The summed E-state index contributed by atoms with van der Waals surface area (Å²) in [6, 6.07) is 0.0768. The van der Waals surface area contributed by atoms with E-state index in [0.29, 0.717) is 0 Å². The molecule has 1 aliphatic carbocycles. The second kappa shape index (κ2) is 4.47. The number of hydrogen-bond donors (Lipinski definition) is 1. The lowest BCUT2D eigenvalue weighted by molar-refractivity contribution is 0.271. The van der Waals surface area contributed by atoms with Crippen LogP contribution in [0, 0.1) is 0 Å². The summed E-state index contributed by atoms with van der Waals surface area (Å²) < 4.78 is 51.4. The molecule has 1 N–H and O–H groups in total. The fraction of sp³-hybridized carbons (Fsp3) is 1.00. The molecule has 17 heavy (non-hydrogen) atoms. The lowest BCUT2D eigenvalue weighted by Crippen LogP contribution is -2.53. The summed E-state index contributed by atoms with van der Waals surface area (Å²) in [4.78, 5) is 0. The fourth-order valence-electron chi connectivity index (χ4n) is 1.73. The zero-order valence-electron chi connectivity index (χ0n) is 9.66. The SMILES string of the molecule is CS(=O)(=O)N1CCN(S(=O)(=O)NC2CC2)CC1. The quantitative estimate of drug-likeness (QED) is 0.684. The van der Waals surface area contributed by atoms with Crippen LogP contribution in [0.25, 0.3) is 0 Å². The van der Waals surface area contributed by atoms with Crippen molar-refractivity contribution in [3.05, 3.63) is 0 Å². The molecular formula is C8H17N3O4S2. The minimum atomic E-state index is -3.43. The van der Waals surface area contributed by atoms with Crippen LogP contribution in [-0.2, 0) is 20.2 Å². The van der Waals surface area contributed by atoms with Gasteiger partial charge in [-0.25, -0.2) is 8.42 Å². The maximum Gasteiger partial charge on any atom is 0.279 e. The van der Waals surface area contributed by atoms with Crippen LogP contribution in [0.4, 0.5) is 0 Å². The molecule has 7 nitrogen and oxygen atoms in total. The zero-order valence-corrected chi connectivity index (χ0v) is 11.3. The Morgan fingerprint density at radius 1 is 0.941 bits per heavy atom. The predicted molar refractivity (Wildman–Crippen MR) is 63.1 cm³/mol. The first-order chi connectivity index (χ1) is 7.79. The second-order valence-corrected chi connectivity index (χ2v) is 8.14. The van der Waals surface area contributed by atoms with E-state index in [4.69, 9.17) is 0 Å². The smallest absolute Gasteiger partial charge is 0.213 e. The van der Waals surface area contributed by atoms with Crippen molar-refractivity contribution in [2.75, 3.05) is 32.4 Å².